The van der Waals surface area contributed by atoms with E-state index in [0.717, 1.165) is 103 Å². The zero-order valence-corrected chi connectivity index (χ0v) is 44.2. The van der Waals surface area contributed by atoms with Crippen LogP contribution in [0.15, 0.2) is 72.9 Å². The van der Waals surface area contributed by atoms with E-state index >= 15 is 0 Å². The summed E-state index contributed by atoms with van der Waals surface area (Å²) < 4.78 is 16.9. The number of ether oxygens (including phenoxy) is 3. The average molecular weight is 936 g/mol. The van der Waals surface area contributed by atoms with E-state index in [1.165, 1.54) is 135 Å². The highest BCUT2D eigenvalue weighted by molar-refractivity contribution is 5.71. The lowest BCUT2D eigenvalue weighted by Gasteiger charge is -2.18. The van der Waals surface area contributed by atoms with Crippen molar-refractivity contribution in [1.29, 1.82) is 0 Å². The number of hydrogen-bond acceptors (Lipinski definition) is 6. The Hall–Kier alpha value is -3.15. The molecule has 0 radical (unpaired) electrons. The van der Waals surface area contributed by atoms with Crippen molar-refractivity contribution in [1.82, 2.24) is 0 Å². The summed E-state index contributed by atoms with van der Waals surface area (Å²) in [5.74, 6) is -0.904. The molecule has 0 saturated heterocycles. The minimum absolute atomic E-state index is 0.0857. The van der Waals surface area contributed by atoms with Crippen molar-refractivity contribution in [3.8, 4) is 0 Å². The van der Waals surface area contributed by atoms with E-state index in [9.17, 15) is 14.4 Å². The van der Waals surface area contributed by atoms with Gasteiger partial charge >= 0.3 is 17.9 Å². The van der Waals surface area contributed by atoms with Gasteiger partial charge in [0.25, 0.3) is 0 Å². The fourth-order valence-electron chi connectivity index (χ4n) is 7.89. The van der Waals surface area contributed by atoms with Gasteiger partial charge in [-0.15, -0.1) is 0 Å². The Morgan fingerprint density at radius 2 is 0.582 bits per heavy atom. The van der Waals surface area contributed by atoms with Crippen LogP contribution in [0.2, 0.25) is 0 Å². The molecule has 0 spiro atoms. The van der Waals surface area contributed by atoms with Gasteiger partial charge in [-0.3, -0.25) is 14.4 Å². The summed E-state index contributed by atoms with van der Waals surface area (Å²) in [6.07, 6.45) is 70.2. The van der Waals surface area contributed by atoms with Crippen LogP contribution in [-0.2, 0) is 28.6 Å². The first kappa shape index (κ1) is 63.8. The average Bonchev–Trinajstić information content (AvgIpc) is 3.33. The van der Waals surface area contributed by atoms with E-state index in [4.69, 9.17) is 14.2 Å². The Morgan fingerprint density at radius 1 is 0.313 bits per heavy atom. The summed E-state index contributed by atoms with van der Waals surface area (Å²) in [7, 11) is 0. The lowest BCUT2D eigenvalue weighted by molar-refractivity contribution is -0.167. The molecule has 0 heterocycles. The summed E-state index contributed by atoms with van der Waals surface area (Å²) in [4.78, 5) is 38.1. The highest BCUT2D eigenvalue weighted by Gasteiger charge is 2.19. The fourth-order valence-corrected chi connectivity index (χ4v) is 7.89. The second-order valence-electron chi connectivity index (χ2n) is 18.8. The number of esters is 3. The molecule has 0 aromatic carbocycles. The quantitative estimate of drug-likeness (QED) is 0.0262. The van der Waals surface area contributed by atoms with Crippen molar-refractivity contribution in [2.24, 2.45) is 0 Å². The highest BCUT2D eigenvalue weighted by atomic mass is 16.6. The Bertz CT molecular complexity index is 1260. The van der Waals surface area contributed by atoms with Crippen LogP contribution in [0.4, 0.5) is 0 Å². The number of carbonyl (C=O) groups is 3. The van der Waals surface area contributed by atoms with Crippen molar-refractivity contribution in [3.63, 3.8) is 0 Å². The van der Waals surface area contributed by atoms with Gasteiger partial charge in [0, 0.05) is 19.3 Å². The van der Waals surface area contributed by atoms with Gasteiger partial charge in [0.05, 0.1) is 0 Å². The van der Waals surface area contributed by atoms with E-state index in [2.05, 4.69) is 93.7 Å². The minimum atomic E-state index is -0.787. The van der Waals surface area contributed by atoms with E-state index in [1.54, 1.807) is 0 Å². The summed E-state index contributed by atoms with van der Waals surface area (Å²) in [5.41, 5.74) is 0. The molecule has 1 unspecified atom stereocenters. The van der Waals surface area contributed by atoms with E-state index < -0.39 is 6.10 Å². The Balaban J connectivity index is 4.42. The Morgan fingerprint density at radius 3 is 0.955 bits per heavy atom. The second kappa shape index (κ2) is 55.4. The van der Waals surface area contributed by atoms with Crippen LogP contribution in [0.3, 0.4) is 0 Å². The van der Waals surface area contributed by atoms with Crippen molar-refractivity contribution in [2.75, 3.05) is 13.2 Å². The van der Waals surface area contributed by atoms with Gasteiger partial charge in [-0.05, 0) is 109 Å². The predicted octanol–water partition coefficient (Wildman–Crippen LogP) is 19.0. The largest absolute Gasteiger partial charge is 0.462 e. The van der Waals surface area contributed by atoms with Gasteiger partial charge in [0.1, 0.15) is 13.2 Å². The molecular weight excluding hydrogens is 829 g/mol. The van der Waals surface area contributed by atoms with Crippen LogP contribution in [0.1, 0.15) is 278 Å². The van der Waals surface area contributed by atoms with Gasteiger partial charge < -0.3 is 14.2 Å². The molecule has 1 atom stereocenters. The molecule has 0 amide bonds. The lowest BCUT2D eigenvalue weighted by Crippen LogP contribution is -2.30. The van der Waals surface area contributed by atoms with Gasteiger partial charge in [-0.25, -0.2) is 0 Å². The van der Waals surface area contributed by atoms with E-state index in [-0.39, 0.29) is 31.1 Å². The van der Waals surface area contributed by atoms with Crippen LogP contribution in [0.25, 0.3) is 0 Å². The summed E-state index contributed by atoms with van der Waals surface area (Å²) in [6.45, 7) is 6.49. The summed E-state index contributed by atoms with van der Waals surface area (Å²) >= 11 is 0. The molecule has 386 valence electrons. The number of rotatable bonds is 51. The molecule has 0 aliphatic carbocycles. The van der Waals surface area contributed by atoms with Gasteiger partial charge in [-0.2, -0.15) is 0 Å². The Labute approximate surface area is 414 Å². The van der Waals surface area contributed by atoms with Crippen molar-refractivity contribution < 1.29 is 28.6 Å². The zero-order valence-electron chi connectivity index (χ0n) is 44.2. The van der Waals surface area contributed by atoms with Crippen LogP contribution in [0.5, 0.6) is 0 Å². The molecule has 6 nitrogen and oxygen atoms in total. The van der Waals surface area contributed by atoms with Gasteiger partial charge in [0.2, 0.25) is 0 Å². The number of carbonyl (C=O) groups excluding carboxylic acids is 3. The lowest BCUT2D eigenvalue weighted by atomic mass is 10.1. The summed E-state index contributed by atoms with van der Waals surface area (Å²) in [6, 6.07) is 0. The second-order valence-corrected chi connectivity index (χ2v) is 18.8. The van der Waals surface area contributed by atoms with Crippen LogP contribution in [0, 0.1) is 0 Å². The van der Waals surface area contributed by atoms with Gasteiger partial charge in [-0.1, -0.05) is 222 Å². The topological polar surface area (TPSA) is 78.9 Å². The number of hydrogen-bond donors (Lipinski definition) is 0. The summed E-state index contributed by atoms with van der Waals surface area (Å²) in [5, 5.41) is 0. The molecule has 0 bridgehead atoms. The SMILES string of the molecule is CC/C=C\C/C=C\C/C=C\CCCCCCCCCC(=O)OCC(COC(=O)CCCCCCC/C=C\CCCCCCCC)OC(=O)CCCCCCCCC/C=C\C/C=C\CCCCC. The molecule has 0 fully saturated rings. The third-order valence-corrected chi connectivity index (χ3v) is 12.2. The van der Waals surface area contributed by atoms with Gasteiger partial charge in [0.15, 0.2) is 6.10 Å². The zero-order chi connectivity index (χ0) is 48.6. The molecule has 0 aromatic heterocycles. The van der Waals surface area contributed by atoms with Crippen LogP contribution >= 0.6 is 0 Å². The molecule has 0 rings (SSSR count). The third-order valence-electron chi connectivity index (χ3n) is 12.2. The van der Waals surface area contributed by atoms with Crippen molar-refractivity contribution in [2.45, 2.75) is 284 Å². The molecular formula is C61H106O6. The van der Waals surface area contributed by atoms with Crippen LogP contribution < -0.4 is 0 Å². The smallest absolute Gasteiger partial charge is 0.306 e. The molecule has 0 aliphatic rings. The first-order chi connectivity index (χ1) is 33.0. The minimum Gasteiger partial charge on any atom is -0.462 e. The first-order valence-corrected chi connectivity index (χ1v) is 28.4. The fraction of sp³-hybridized carbons (Fsp3) is 0.754. The van der Waals surface area contributed by atoms with E-state index in [0.29, 0.717) is 19.3 Å². The third kappa shape index (κ3) is 53.7. The first-order valence-electron chi connectivity index (χ1n) is 28.4. The molecule has 0 N–H and O–H groups in total. The molecule has 0 aromatic rings. The molecule has 0 saturated carbocycles. The van der Waals surface area contributed by atoms with Crippen molar-refractivity contribution in [3.05, 3.63) is 72.9 Å². The maximum Gasteiger partial charge on any atom is 0.306 e. The normalized spacial score (nSPS) is 12.6. The maximum absolute atomic E-state index is 12.9. The maximum atomic E-state index is 12.9. The molecule has 67 heavy (non-hydrogen) atoms. The molecule has 6 heteroatoms. The molecule has 0 aliphatic heterocycles. The number of allylic oxidation sites excluding steroid dienone is 12. The van der Waals surface area contributed by atoms with Crippen LogP contribution in [-0.4, -0.2) is 37.2 Å². The number of unbranched alkanes of at least 4 members (excludes halogenated alkanes) is 28. The van der Waals surface area contributed by atoms with Crippen molar-refractivity contribution >= 4 is 17.9 Å². The van der Waals surface area contributed by atoms with E-state index in [1.807, 2.05) is 0 Å². The predicted molar refractivity (Wildman–Crippen MR) is 288 cm³/mol. The standard InChI is InChI=1S/C61H106O6/c1-4-7-10-13-16-19-22-25-28-30-33-36-39-42-45-48-51-54-60(63)66-57-58(56-65-59(62)53-50-47-44-41-38-35-32-27-24-21-18-15-12-9-6-3)67-61(64)55-52-49-46-43-40-37-34-31-29-26-23-20-17-14-11-8-5-2/h7,10,16-17,19-20,25-29,32,58H,4-6,8-9,11-15,18,21-24,30-31,33-57H2,1-3H3/b10-7-,19-16-,20-17-,28-25-,29-26-,32-27-. The Kier molecular flexibility index (Phi) is 52.8. The monoisotopic (exact) mass is 935 g/mol. The highest BCUT2D eigenvalue weighted by Crippen LogP contribution is 2.15.